The van der Waals surface area contributed by atoms with Gasteiger partial charge in [-0.05, 0) is 23.8 Å². The van der Waals surface area contributed by atoms with Crippen molar-refractivity contribution >= 4 is 5.69 Å². The number of halogens is 1. The van der Waals surface area contributed by atoms with Crippen LogP contribution in [0, 0.1) is 0 Å². The van der Waals surface area contributed by atoms with Crippen molar-refractivity contribution in [1.82, 2.24) is 5.32 Å². The van der Waals surface area contributed by atoms with Crippen LogP contribution < -0.4 is 21.1 Å². The fourth-order valence-electron chi connectivity index (χ4n) is 2.74. The second kappa shape index (κ2) is 5.19. The predicted octanol–water partition coefficient (Wildman–Crippen LogP) is 1.36. The van der Waals surface area contributed by atoms with Crippen molar-refractivity contribution in [1.29, 1.82) is 0 Å². The molecule has 4 N–H and O–H groups in total. The van der Waals surface area contributed by atoms with Gasteiger partial charge in [-0.2, -0.15) is 0 Å². The number of anilines is 1. The van der Waals surface area contributed by atoms with Crippen molar-refractivity contribution in [3.63, 3.8) is 0 Å². The molecule has 2 aliphatic heterocycles. The monoisotopic (exact) mass is 263 g/mol. The summed E-state index contributed by atoms with van der Waals surface area (Å²) < 4.78 is 18.0. The highest BCUT2D eigenvalue weighted by atomic mass is 19.1. The topological polar surface area (TPSA) is 59.3 Å². The summed E-state index contributed by atoms with van der Waals surface area (Å²) in [7, 11) is 0. The zero-order valence-electron chi connectivity index (χ0n) is 10.7. The Morgan fingerprint density at radius 1 is 1.47 bits per heavy atom. The first-order valence-electron chi connectivity index (χ1n) is 6.54. The van der Waals surface area contributed by atoms with Crippen molar-refractivity contribution in [3.05, 3.63) is 35.7 Å². The Labute approximate surface area is 111 Å². The SMILES string of the molecule is NC/C(=C\F)COc1ccc2c(c1)C1CNCC1N2. The van der Waals surface area contributed by atoms with E-state index in [1.54, 1.807) is 0 Å². The maximum absolute atomic E-state index is 12.4. The standard InChI is InChI=1S/C14H18FN3O/c15-4-9(5-16)8-19-10-1-2-13-11(3-10)12-6-17-7-14(12)18-13/h1-4,12,14,17-18H,5-8,16H2/b9-4+. The Kier molecular flexibility index (Phi) is 3.40. The van der Waals surface area contributed by atoms with Gasteiger partial charge in [0.1, 0.15) is 12.4 Å². The van der Waals surface area contributed by atoms with Gasteiger partial charge in [0.25, 0.3) is 0 Å². The van der Waals surface area contributed by atoms with E-state index in [0.717, 1.165) is 18.8 Å². The Morgan fingerprint density at radius 2 is 2.37 bits per heavy atom. The van der Waals surface area contributed by atoms with Crippen molar-refractivity contribution in [2.24, 2.45) is 5.73 Å². The molecule has 1 aromatic rings. The zero-order valence-corrected chi connectivity index (χ0v) is 10.7. The van der Waals surface area contributed by atoms with Crippen molar-refractivity contribution in [2.75, 3.05) is 31.6 Å². The lowest BCUT2D eigenvalue weighted by atomic mass is 9.98. The predicted molar refractivity (Wildman–Crippen MR) is 73.2 cm³/mol. The molecule has 1 fully saturated rings. The summed E-state index contributed by atoms with van der Waals surface area (Å²) in [6.45, 7) is 2.37. The first-order valence-corrected chi connectivity index (χ1v) is 6.54. The van der Waals surface area contributed by atoms with Crippen LogP contribution in [0.4, 0.5) is 10.1 Å². The Balaban J connectivity index is 1.73. The number of nitrogens with one attached hydrogen (secondary N) is 2. The molecule has 0 saturated carbocycles. The quantitative estimate of drug-likeness (QED) is 0.767. The van der Waals surface area contributed by atoms with Crippen LogP contribution in [0.3, 0.4) is 0 Å². The molecule has 2 unspecified atom stereocenters. The van der Waals surface area contributed by atoms with Gasteiger partial charge in [0, 0.05) is 42.9 Å². The summed E-state index contributed by atoms with van der Waals surface area (Å²) >= 11 is 0. The van der Waals surface area contributed by atoms with Gasteiger partial charge >= 0.3 is 0 Å². The maximum atomic E-state index is 12.4. The van der Waals surface area contributed by atoms with E-state index in [2.05, 4.69) is 10.6 Å². The molecule has 0 aromatic heterocycles. The van der Waals surface area contributed by atoms with E-state index in [1.165, 1.54) is 11.3 Å². The van der Waals surface area contributed by atoms with Gasteiger partial charge in [-0.15, -0.1) is 0 Å². The fourth-order valence-corrected chi connectivity index (χ4v) is 2.74. The van der Waals surface area contributed by atoms with Gasteiger partial charge in [0.15, 0.2) is 0 Å². The number of rotatable bonds is 4. The van der Waals surface area contributed by atoms with E-state index in [9.17, 15) is 4.39 Å². The molecule has 0 radical (unpaired) electrons. The second-order valence-corrected chi connectivity index (χ2v) is 5.02. The van der Waals surface area contributed by atoms with Gasteiger partial charge in [-0.25, -0.2) is 4.39 Å². The van der Waals surface area contributed by atoms with Crippen LogP contribution in [-0.4, -0.2) is 32.3 Å². The summed E-state index contributed by atoms with van der Waals surface area (Å²) in [6, 6.07) is 6.47. The smallest absolute Gasteiger partial charge is 0.120 e. The van der Waals surface area contributed by atoms with E-state index in [0.29, 0.717) is 23.9 Å². The third kappa shape index (κ3) is 2.31. The largest absolute Gasteiger partial charge is 0.489 e. The van der Waals surface area contributed by atoms with Crippen LogP contribution in [0.2, 0.25) is 0 Å². The van der Waals surface area contributed by atoms with Crippen molar-refractivity contribution in [3.8, 4) is 5.75 Å². The summed E-state index contributed by atoms with van der Waals surface area (Å²) in [5.41, 5.74) is 8.33. The molecular formula is C14H18FN3O. The third-order valence-electron chi connectivity index (χ3n) is 3.82. The van der Waals surface area contributed by atoms with Gasteiger partial charge in [0.2, 0.25) is 0 Å². The second-order valence-electron chi connectivity index (χ2n) is 5.02. The van der Waals surface area contributed by atoms with Crippen LogP contribution >= 0.6 is 0 Å². The molecule has 2 aliphatic rings. The normalized spacial score (nSPS) is 24.8. The average molecular weight is 263 g/mol. The van der Waals surface area contributed by atoms with Gasteiger partial charge in [0.05, 0.1) is 6.33 Å². The summed E-state index contributed by atoms with van der Waals surface area (Å²) in [5, 5.41) is 6.88. The minimum absolute atomic E-state index is 0.178. The van der Waals surface area contributed by atoms with Crippen molar-refractivity contribution in [2.45, 2.75) is 12.0 Å². The minimum Gasteiger partial charge on any atom is -0.489 e. The maximum Gasteiger partial charge on any atom is 0.120 e. The number of fused-ring (bicyclic) bond motifs is 3. The van der Waals surface area contributed by atoms with Gasteiger partial charge < -0.3 is 21.1 Å². The minimum atomic E-state index is 0.178. The number of ether oxygens (including phenoxy) is 1. The molecule has 3 rings (SSSR count). The van der Waals surface area contributed by atoms with Crippen molar-refractivity contribution < 1.29 is 9.13 Å². The van der Waals surface area contributed by atoms with Crippen LogP contribution in [-0.2, 0) is 0 Å². The molecule has 2 heterocycles. The van der Waals surface area contributed by atoms with E-state index in [-0.39, 0.29) is 13.2 Å². The molecule has 0 spiro atoms. The molecular weight excluding hydrogens is 245 g/mol. The Hall–Kier alpha value is -1.59. The molecule has 0 aliphatic carbocycles. The molecule has 0 bridgehead atoms. The third-order valence-corrected chi connectivity index (χ3v) is 3.82. The highest BCUT2D eigenvalue weighted by Crippen LogP contribution is 2.39. The molecule has 102 valence electrons. The number of benzene rings is 1. The van der Waals surface area contributed by atoms with E-state index in [4.69, 9.17) is 10.5 Å². The van der Waals surface area contributed by atoms with E-state index in [1.807, 2.05) is 18.2 Å². The summed E-state index contributed by atoms with van der Waals surface area (Å²) in [4.78, 5) is 0. The van der Waals surface area contributed by atoms with E-state index < -0.39 is 0 Å². The van der Waals surface area contributed by atoms with Gasteiger partial charge in [-0.3, -0.25) is 0 Å². The lowest BCUT2D eigenvalue weighted by Crippen LogP contribution is -2.20. The first kappa shape index (κ1) is 12.4. The average Bonchev–Trinajstić information content (AvgIpc) is 3.00. The molecule has 0 amide bonds. The lowest BCUT2D eigenvalue weighted by molar-refractivity contribution is 0.347. The fraction of sp³-hybridized carbons (Fsp3) is 0.429. The van der Waals surface area contributed by atoms with E-state index >= 15 is 0 Å². The molecule has 1 saturated heterocycles. The Morgan fingerprint density at radius 3 is 3.16 bits per heavy atom. The summed E-state index contributed by atoms with van der Waals surface area (Å²) in [6.07, 6.45) is 0.520. The molecule has 19 heavy (non-hydrogen) atoms. The lowest BCUT2D eigenvalue weighted by Gasteiger charge is -2.10. The molecule has 1 aromatic carbocycles. The zero-order chi connectivity index (χ0) is 13.2. The highest BCUT2D eigenvalue weighted by molar-refractivity contribution is 5.62. The first-order chi connectivity index (χ1) is 9.31. The Bertz CT molecular complexity index is 503. The number of nitrogens with two attached hydrogens (primary N) is 1. The van der Waals surface area contributed by atoms with Gasteiger partial charge in [-0.1, -0.05) is 0 Å². The van der Waals surface area contributed by atoms with Crippen LogP contribution in [0.1, 0.15) is 11.5 Å². The number of hydrogen-bond acceptors (Lipinski definition) is 4. The molecule has 5 heteroatoms. The van der Waals surface area contributed by atoms with Crippen LogP contribution in [0.25, 0.3) is 0 Å². The molecule has 2 atom stereocenters. The number of hydrogen-bond donors (Lipinski definition) is 3. The highest BCUT2D eigenvalue weighted by Gasteiger charge is 2.35. The summed E-state index contributed by atoms with van der Waals surface area (Å²) in [5.74, 6) is 1.27. The van der Waals surface area contributed by atoms with Crippen LogP contribution in [0.15, 0.2) is 30.1 Å². The van der Waals surface area contributed by atoms with Crippen LogP contribution in [0.5, 0.6) is 5.75 Å². The molecule has 4 nitrogen and oxygen atoms in total.